The molecule has 18 heavy (non-hydrogen) atoms. The van der Waals surface area contributed by atoms with Crippen molar-refractivity contribution in [2.75, 3.05) is 15.2 Å². The third-order valence-electron chi connectivity index (χ3n) is 3.31. The summed E-state index contributed by atoms with van der Waals surface area (Å²) in [5.41, 5.74) is 0.929. The summed E-state index contributed by atoms with van der Waals surface area (Å²) in [6.45, 7) is 0. The topological polar surface area (TPSA) is 55.2 Å². The first-order chi connectivity index (χ1) is 8.58. The van der Waals surface area contributed by atoms with Crippen LogP contribution in [0.4, 0.5) is 11.4 Å². The average Bonchev–Trinajstić information content (AvgIpc) is 2.81. The molecule has 4 nitrogen and oxygen atoms in total. The molecule has 0 saturated heterocycles. The van der Waals surface area contributed by atoms with Crippen LogP contribution < -0.4 is 5.32 Å². The van der Waals surface area contributed by atoms with E-state index in [9.17, 15) is 10.1 Å². The quantitative estimate of drug-likeness (QED) is 0.383. The molecule has 0 atom stereocenters. The van der Waals surface area contributed by atoms with Crippen LogP contribution in [0, 0.1) is 13.7 Å². The van der Waals surface area contributed by atoms with Crippen molar-refractivity contribution in [2.24, 2.45) is 0 Å². The molecule has 0 unspecified atom stereocenters. The number of nitro benzene ring substituents is 1. The number of anilines is 1. The number of alkyl halides is 2. The van der Waals surface area contributed by atoms with Gasteiger partial charge in [0, 0.05) is 0 Å². The van der Waals surface area contributed by atoms with Gasteiger partial charge in [-0.25, -0.2) is 0 Å². The molecule has 0 aliphatic heterocycles. The van der Waals surface area contributed by atoms with E-state index in [0.29, 0.717) is 11.7 Å². The van der Waals surface area contributed by atoms with Crippen molar-refractivity contribution in [3.63, 3.8) is 0 Å². The Morgan fingerprint density at radius 1 is 1.33 bits per heavy atom. The summed E-state index contributed by atoms with van der Waals surface area (Å²) in [6.07, 6.45) is 4.70. The number of halogens is 1. The first-order valence-electron chi connectivity index (χ1n) is 6.13. The fourth-order valence-corrected chi connectivity index (χ4v) is 4.12. The first-order valence-corrected chi connectivity index (χ1v) is 11.5. The maximum atomic E-state index is 11.2. The van der Waals surface area contributed by atoms with Crippen molar-refractivity contribution in [3.8, 4) is 0 Å². The predicted molar refractivity (Wildman–Crippen MR) is 83.5 cm³/mol. The van der Waals surface area contributed by atoms with E-state index >= 15 is 0 Å². The summed E-state index contributed by atoms with van der Waals surface area (Å²) >= 11 is -1.15. The Kier molecular flexibility index (Phi) is 4.42. The van der Waals surface area contributed by atoms with Gasteiger partial charge in [-0.15, -0.1) is 0 Å². The first kappa shape index (κ1) is 13.6. The molecule has 5 heteroatoms. The third kappa shape index (κ3) is 3.13. The molecule has 2 rings (SSSR count). The molecule has 1 aliphatic rings. The van der Waals surface area contributed by atoms with E-state index in [1.165, 1.54) is 16.4 Å². The summed E-state index contributed by atoms with van der Waals surface area (Å²) in [5, 5.41) is 14.5. The summed E-state index contributed by atoms with van der Waals surface area (Å²) in [7, 11) is 0. The van der Waals surface area contributed by atoms with Gasteiger partial charge in [0.2, 0.25) is 0 Å². The average molecular weight is 362 g/mol. The summed E-state index contributed by atoms with van der Waals surface area (Å²) in [4.78, 5) is 15.3. The van der Waals surface area contributed by atoms with Crippen molar-refractivity contribution < 1.29 is 4.92 Å². The molecule has 0 aromatic heterocycles. The van der Waals surface area contributed by atoms with Gasteiger partial charge >= 0.3 is 115 Å². The van der Waals surface area contributed by atoms with E-state index in [0.717, 1.165) is 12.8 Å². The summed E-state index contributed by atoms with van der Waals surface area (Å²) in [6, 6.07) is 6.12. The van der Waals surface area contributed by atoms with E-state index < -0.39 is 19.8 Å². The van der Waals surface area contributed by atoms with Gasteiger partial charge in [0.15, 0.2) is 0 Å². The molecule has 0 heterocycles. The molecule has 0 bridgehead atoms. The molecule has 1 fully saturated rings. The Morgan fingerprint density at radius 2 is 2.00 bits per heavy atom. The molecule has 1 saturated carbocycles. The molecule has 0 spiro atoms. The molecule has 1 aromatic rings. The Morgan fingerprint density at radius 3 is 2.56 bits per heavy atom. The minimum atomic E-state index is -1.15. The Bertz CT molecular complexity index is 443. The molecule has 1 aromatic carbocycles. The van der Waals surface area contributed by atoms with Crippen LogP contribution in [0.1, 0.15) is 25.7 Å². The number of benzene rings is 1. The van der Waals surface area contributed by atoms with Gasteiger partial charge in [-0.05, 0) is 0 Å². The Hall–Kier alpha value is -0.850. The van der Waals surface area contributed by atoms with Crippen LogP contribution in [-0.4, -0.2) is 20.8 Å². The minimum absolute atomic E-state index is 0.241. The van der Waals surface area contributed by atoms with Gasteiger partial charge in [0.25, 0.3) is 0 Å². The zero-order chi connectivity index (χ0) is 13.1. The molecular weight excluding hydrogens is 343 g/mol. The van der Waals surface area contributed by atoms with Crippen molar-refractivity contribution >= 4 is 31.2 Å². The van der Waals surface area contributed by atoms with Crippen molar-refractivity contribution in [1.29, 1.82) is 0 Å². The van der Waals surface area contributed by atoms with Crippen LogP contribution in [0.15, 0.2) is 18.2 Å². The number of rotatable bonds is 4. The Labute approximate surface area is 115 Å². The van der Waals surface area contributed by atoms with Crippen LogP contribution in [-0.2, 0) is 0 Å². The second kappa shape index (κ2) is 5.86. The van der Waals surface area contributed by atoms with Gasteiger partial charge in [-0.2, -0.15) is 0 Å². The van der Waals surface area contributed by atoms with Crippen molar-refractivity contribution in [2.45, 2.75) is 31.7 Å². The van der Waals surface area contributed by atoms with Crippen molar-refractivity contribution in [3.05, 3.63) is 31.9 Å². The Balaban J connectivity index is 2.25. The van der Waals surface area contributed by atoms with Gasteiger partial charge in [-0.3, -0.25) is 0 Å². The number of hydrogen-bond donors (Lipinski definition) is 1. The van der Waals surface area contributed by atoms with E-state index in [1.807, 2.05) is 6.07 Å². The van der Waals surface area contributed by atoms with Gasteiger partial charge in [0.05, 0.1) is 0 Å². The molecule has 1 N–H and O–H groups in total. The third-order valence-corrected chi connectivity index (χ3v) is 6.47. The SMILES string of the molecule is CI(C)c1ccc(NC2CCCC2)c([N+](=O)[O-])c1. The van der Waals surface area contributed by atoms with Crippen LogP contribution in [0.5, 0.6) is 0 Å². The second-order valence-electron chi connectivity index (χ2n) is 4.80. The molecular formula is C13H19IN2O2. The standard InChI is InChI=1S/C13H19IN2O2/c1-14(2)10-7-8-12(13(9-10)16(17)18)15-11-5-3-4-6-11/h7-9,11,15H,3-6H2,1-2H3. The molecule has 100 valence electrons. The van der Waals surface area contributed by atoms with E-state index in [-0.39, 0.29) is 10.6 Å². The fraction of sp³-hybridized carbons (Fsp3) is 0.538. The summed E-state index contributed by atoms with van der Waals surface area (Å²) in [5.74, 6) is 0. The number of nitro groups is 1. The normalized spacial score (nSPS) is 16.7. The van der Waals surface area contributed by atoms with Gasteiger partial charge in [-0.1, -0.05) is 0 Å². The zero-order valence-corrected chi connectivity index (χ0v) is 12.9. The van der Waals surface area contributed by atoms with E-state index in [1.54, 1.807) is 6.07 Å². The van der Waals surface area contributed by atoms with Gasteiger partial charge in [0.1, 0.15) is 0 Å². The van der Waals surface area contributed by atoms with Gasteiger partial charge < -0.3 is 0 Å². The monoisotopic (exact) mass is 362 g/mol. The zero-order valence-electron chi connectivity index (χ0n) is 10.8. The second-order valence-corrected chi connectivity index (χ2v) is 10.4. The number of nitrogens with one attached hydrogen (secondary N) is 1. The molecule has 1 aliphatic carbocycles. The van der Waals surface area contributed by atoms with Crippen molar-refractivity contribution in [1.82, 2.24) is 0 Å². The molecule has 0 radical (unpaired) electrons. The van der Waals surface area contributed by atoms with Crippen LogP contribution in [0.25, 0.3) is 0 Å². The number of nitrogens with zero attached hydrogens (tertiary/aromatic N) is 1. The predicted octanol–water partition coefficient (Wildman–Crippen LogP) is 3.88. The van der Waals surface area contributed by atoms with E-state index in [2.05, 4.69) is 21.2 Å². The van der Waals surface area contributed by atoms with E-state index in [4.69, 9.17) is 0 Å². The number of hydrogen-bond acceptors (Lipinski definition) is 3. The summed E-state index contributed by atoms with van der Waals surface area (Å²) < 4.78 is 1.17. The van der Waals surface area contributed by atoms with Crippen LogP contribution >= 0.6 is 19.8 Å². The molecule has 0 amide bonds. The van der Waals surface area contributed by atoms with Crippen LogP contribution in [0.2, 0.25) is 0 Å². The van der Waals surface area contributed by atoms with Crippen LogP contribution in [0.3, 0.4) is 0 Å². The fourth-order valence-electron chi connectivity index (χ4n) is 2.30. The maximum absolute atomic E-state index is 11.2.